The summed E-state index contributed by atoms with van der Waals surface area (Å²) in [6, 6.07) is 6.03. The summed E-state index contributed by atoms with van der Waals surface area (Å²) >= 11 is 0. The molecule has 1 aromatic carbocycles. The van der Waals surface area contributed by atoms with Crippen LogP contribution in [0.2, 0.25) is 0 Å². The lowest BCUT2D eigenvalue weighted by molar-refractivity contribution is -0.134. The van der Waals surface area contributed by atoms with Crippen LogP contribution in [0.15, 0.2) is 24.3 Å². The van der Waals surface area contributed by atoms with Crippen LogP contribution in [0.1, 0.15) is 47.4 Å². The van der Waals surface area contributed by atoms with E-state index in [0.717, 1.165) is 19.8 Å². The highest BCUT2D eigenvalue weighted by atomic mass is 16.5. The Balaban J connectivity index is 0.000000796. The van der Waals surface area contributed by atoms with Crippen molar-refractivity contribution in [3.8, 4) is 0 Å². The number of hydrogen-bond donors (Lipinski definition) is 2. The summed E-state index contributed by atoms with van der Waals surface area (Å²) < 4.78 is 4.96. The molecule has 110 valence electrons. The average molecular weight is 282 g/mol. The van der Waals surface area contributed by atoms with Gasteiger partial charge in [-0.1, -0.05) is 25.5 Å². The number of aromatic carboxylic acids is 1. The minimum absolute atomic E-state index is 0.0241. The van der Waals surface area contributed by atoms with Gasteiger partial charge in [0.2, 0.25) is 0 Å². The Kier molecular flexibility index (Phi) is 8.41. The second-order valence-corrected chi connectivity index (χ2v) is 3.86. The van der Waals surface area contributed by atoms with E-state index in [0.29, 0.717) is 6.61 Å². The minimum atomic E-state index is -1.12. The standard InChI is InChI=1S/C12H14O4.C2H4O2/c1-2-3-8-16-12(15)10-7-5-4-6-9(10)11(13)14;1-2(3)4/h4-7H,2-3,8H2,1H3,(H,13,14);1H3,(H,3,4). The SMILES string of the molecule is CC(=O)O.CCCCOC(=O)c1ccccc1C(=O)O. The monoisotopic (exact) mass is 282 g/mol. The predicted octanol–water partition coefficient (Wildman–Crippen LogP) is 2.43. The molecule has 0 bridgehead atoms. The van der Waals surface area contributed by atoms with Gasteiger partial charge in [-0.25, -0.2) is 9.59 Å². The van der Waals surface area contributed by atoms with Crippen molar-refractivity contribution in [2.45, 2.75) is 26.7 Å². The van der Waals surface area contributed by atoms with E-state index in [4.69, 9.17) is 19.7 Å². The molecule has 0 radical (unpaired) electrons. The molecule has 6 nitrogen and oxygen atoms in total. The number of hydrogen-bond acceptors (Lipinski definition) is 4. The molecule has 0 aromatic heterocycles. The minimum Gasteiger partial charge on any atom is -0.481 e. The summed E-state index contributed by atoms with van der Waals surface area (Å²) in [5.41, 5.74) is 0.0788. The van der Waals surface area contributed by atoms with Gasteiger partial charge in [0.25, 0.3) is 5.97 Å². The van der Waals surface area contributed by atoms with Crippen molar-refractivity contribution in [2.75, 3.05) is 6.61 Å². The fraction of sp³-hybridized carbons (Fsp3) is 0.357. The third-order valence-electron chi connectivity index (χ3n) is 2.11. The normalized spacial score (nSPS) is 9.10. The first-order chi connectivity index (χ1) is 9.40. The van der Waals surface area contributed by atoms with E-state index in [1.807, 2.05) is 6.92 Å². The van der Waals surface area contributed by atoms with Crippen LogP contribution in [0.3, 0.4) is 0 Å². The lowest BCUT2D eigenvalue weighted by Gasteiger charge is -2.06. The van der Waals surface area contributed by atoms with E-state index in [2.05, 4.69) is 0 Å². The van der Waals surface area contributed by atoms with Crippen molar-refractivity contribution in [1.82, 2.24) is 0 Å². The summed E-state index contributed by atoms with van der Waals surface area (Å²) in [6.45, 7) is 3.39. The van der Waals surface area contributed by atoms with Crippen LogP contribution in [0.4, 0.5) is 0 Å². The zero-order valence-electron chi connectivity index (χ0n) is 11.5. The zero-order chi connectivity index (χ0) is 15.5. The van der Waals surface area contributed by atoms with E-state index in [1.54, 1.807) is 12.1 Å². The number of carbonyl (C=O) groups excluding carboxylic acids is 1. The molecule has 0 spiro atoms. The van der Waals surface area contributed by atoms with Gasteiger partial charge in [0, 0.05) is 6.92 Å². The molecule has 1 rings (SSSR count). The first-order valence-electron chi connectivity index (χ1n) is 6.09. The lowest BCUT2D eigenvalue weighted by atomic mass is 10.1. The molecule has 0 unspecified atom stereocenters. The summed E-state index contributed by atoms with van der Waals surface area (Å²) in [5, 5.41) is 16.3. The first-order valence-corrected chi connectivity index (χ1v) is 6.09. The van der Waals surface area contributed by atoms with Crippen molar-refractivity contribution < 1.29 is 29.3 Å². The van der Waals surface area contributed by atoms with Crippen molar-refractivity contribution in [2.24, 2.45) is 0 Å². The Labute approximate surface area is 117 Å². The van der Waals surface area contributed by atoms with Crippen LogP contribution in [-0.2, 0) is 9.53 Å². The topological polar surface area (TPSA) is 101 Å². The van der Waals surface area contributed by atoms with E-state index in [9.17, 15) is 9.59 Å². The first kappa shape index (κ1) is 17.6. The van der Waals surface area contributed by atoms with E-state index in [1.165, 1.54) is 12.1 Å². The fourth-order valence-corrected chi connectivity index (χ4v) is 1.23. The third-order valence-corrected chi connectivity index (χ3v) is 2.11. The maximum absolute atomic E-state index is 11.6. The molecule has 0 saturated carbocycles. The predicted molar refractivity (Wildman–Crippen MR) is 71.9 cm³/mol. The number of carboxylic acid groups (broad SMARTS) is 2. The number of ether oxygens (including phenoxy) is 1. The second-order valence-electron chi connectivity index (χ2n) is 3.86. The molecule has 6 heteroatoms. The molecular weight excluding hydrogens is 264 g/mol. The number of unbranched alkanes of at least 4 members (excludes halogenated alkanes) is 1. The number of carboxylic acids is 2. The molecule has 0 amide bonds. The lowest BCUT2D eigenvalue weighted by Crippen LogP contribution is -2.12. The maximum atomic E-state index is 11.6. The Morgan fingerprint density at radius 2 is 1.60 bits per heavy atom. The number of aliphatic carboxylic acids is 1. The molecule has 20 heavy (non-hydrogen) atoms. The molecule has 0 aliphatic heterocycles. The number of esters is 1. The van der Waals surface area contributed by atoms with Gasteiger partial charge in [0.1, 0.15) is 0 Å². The third kappa shape index (κ3) is 7.15. The zero-order valence-corrected chi connectivity index (χ0v) is 11.5. The van der Waals surface area contributed by atoms with Crippen LogP contribution in [-0.4, -0.2) is 34.7 Å². The molecule has 0 atom stereocenters. The van der Waals surface area contributed by atoms with Gasteiger partial charge >= 0.3 is 11.9 Å². The smallest absolute Gasteiger partial charge is 0.339 e. The molecule has 1 aromatic rings. The van der Waals surface area contributed by atoms with Gasteiger partial charge < -0.3 is 14.9 Å². The summed E-state index contributed by atoms with van der Waals surface area (Å²) in [5.74, 6) is -2.53. The van der Waals surface area contributed by atoms with E-state index < -0.39 is 17.9 Å². The molecule has 0 aliphatic carbocycles. The molecule has 0 saturated heterocycles. The van der Waals surface area contributed by atoms with Crippen molar-refractivity contribution in [3.05, 3.63) is 35.4 Å². The van der Waals surface area contributed by atoms with Gasteiger partial charge in [-0.05, 0) is 18.6 Å². The quantitative estimate of drug-likeness (QED) is 0.635. The van der Waals surface area contributed by atoms with Gasteiger partial charge in [-0.3, -0.25) is 4.79 Å². The Bertz CT molecular complexity index is 462. The molecule has 2 N–H and O–H groups in total. The Morgan fingerprint density at radius 3 is 2.05 bits per heavy atom. The van der Waals surface area contributed by atoms with Gasteiger partial charge in [-0.15, -0.1) is 0 Å². The highest BCUT2D eigenvalue weighted by molar-refractivity contribution is 6.02. The number of benzene rings is 1. The average Bonchev–Trinajstić information content (AvgIpc) is 2.38. The summed E-state index contributed by atoms with van der Waals surface area (Å²) in [4.78, 5) is 31.4. The largest absolute Gasteiger partial charge is 0.481 e. The van der Waals surface area contributed by atoms with Gasteiger partial charge in [0.15, 0.2) is 0 Å². The molecular formula is C14H18O6. The summed E-state index contributed by atoms with van der Waals surface area (Å²) in [6.07, 6.45) is 1.70. The van der Waals surface area contributed by atoms with Crippen molar-refractivity contribution in [3.63, 3.8) is 0 Å². The highest BCUT2D eigenvalue weighted by Gasteiger charge is 2.16. The molecule has 0 heterocycles. The van der Waals surface area contributed by atoms with Gasteiger partial charge in [0.05, 0.1) is 17.7 Å². The second kappa shape index (κ2) is 9.55. The van der Waals surface area contributed by atoms with Crippen LogP contribution >= 0.6 is 0 Å². The number of carbonyl (C=O) groups is 3. The van der Waals surface area contributed by atoms with E-state index >= 15 is 0 Å². The van der Waals surface area contributed by atoms with Crippen LogP contribution < -0.4 is 0 Å². The Hall–Kier alpha value is -2.37. The Morgan fingerprint density at radius 1 is 1.10 bits per heavy atom. The number of rotatable bonds is 5. The maximum Gasteiger partial charge on any atom is 0.339 e. The van der Waals surface area contributed by atoms with Crippen molar-refractivity contribution in [1.29, 1.82) is 0 Å². The van der Waals surface area contributed by atoms with Gasteiger partial charge in [-0.2, -0.15) is 0 Å². The van der Waals surface area contributed by atoms with Crippen molar-refractivity contribution >= 4 is 17.9 Å². The summed E-state index contributed by atoms with van der Waals surface area (Å²) in [7, 11) is 0. The van der Waals surface area contributed by atoms with E-state index in [-0.39, 0.29) is 11.1 Å². The fourth-order valence-electron chi connectivity index (χ4n) is 1.23. The highest BCUT2D eigenvalue weighted by Crippen LogP contribution is 2.10. The molecule has 0 fully saturated rings. The van der Waals surface area contributed by atoms with Crippen LogP contribution in [0, 0.1) is 0 Å². The van der Waals surface area contributed by atoms with Crippen LogP contribution in [0.25, 0.3) is 0 Å². The molecule has 0 aliphatic rings. The van der Waals surface area contributed by atoms with Crippen LogP contribution in [0.5, 0.6) is 0 Å².